The van der Waals surface area contributed by atoms with Crippen molar-refractivity contribution >= 4 is 0 Å². The van der Waals surface area contributed by atoms with Gasteiger partial charge < -0.3 is 10.1 Å². The molecule has 5 nitrogen and oxygen atoms in total. The van der Waals surface area contributed by atoms with Crippen LogP contribution in [0.25, 0.3) is 0 Å². The average Bonchev–Trinajstić information content (AvgIpc) is 2.71. The lowest BCUT2D eigenvalue weighted by Crippen LogP contribution is -2.42. The number of aromatic nitrogens is 3. The van der Waals surface area contributed by atoms with Gasteiger partial charge in [-0.1, -0.05) is 0 Å². The summed E-state index contributed by atoms with van der Waals surface area (Å²) in [4.78, 5) is 3.89. The normalized spacial score (nSPS) is 20.3. The first-order valence-electron chi connectivity index (χ1n) is 5.46. The summed E-state index contributed by atoms with van der Waals surface area (Å²) in [5, 5.41) is 7.37. The summed E-state index contributed by atoms with van der Waals surface area (Å²) in [6, 6.07) is 0. The zero-order valence-electron chi connectivity index (χ0n) is 9.15. The van der Waals surface area contributed by atoms with Crippen molar-refractivity contribution < 1.29 is 4.74 Å². The molecule has 2 rings (SSSR count). The molecule has 1 aromatic rings. The first-order valence-corrected chi connectivity index (χ1v) is 5.46. The monoisotopic (exact) mass is 210 g/mol. The fourth-order valence-corrected chi connectivity index (χ4v) is 1.83. The van der Waals surface area contributed by atoms with Crippen LogP contribution in [0.3, 0.4) is 0 Å². The molecular formula is C10H18N4O. The summed E-state index contributed by atoms with van der Waals surface area (Å²) < 4.78 is 7.71. The summed E-state index contributed by atoms with van der Waals surface area (Å²) in [5.41, 5.74) is 0.0475. The van der Waals surface area contributed by atoms with Gasteiger partial charge in [-0.25, -0.2) is 4.98 Å². The third-order valence-electron chi connectivity index (χ3n) is 2.90. The molecule has 5 heteroatoms. The van der Waals surface area contributed by atoms with Gasteiger partial charge in [-0.05, 0) is 32.9 Å². The number of hydrogen-bond acceptors (Lipinski definition) is 4. The van der Waals surface area contributed by atoms with Crippen LogP contribution in [0.15, 0.2) is 12.7 Å². The SMILES string of the molecule is CC1(OCCn2cncn2)CCNCC1. The molecule has 1 aliphatic heterocycles. The Labute approximate surface area is 89.8 Å². The van der Waals surface area contributed by atoms with E-state index in [-0.39, 0.29) is 5.60 Å². The van der Waals surface area contributed by atoms with Crippen LogP contribution >= 0.6 is 0 Å². The molecule has 0 radical (unpaired) electrons. The minimum atomic E-state index is 0.0475. The summed E-state index contributed by atoms with van der Waals surface area (Å²) in [7, 11) is 0. The van der Waals surface area contributed by atoms with Crippen LogP contribution in [0.4, 0.5) is 0 Å². The zero-order valence-corrected chi connectivity index (χ0v) is 9.15. The minimum Gasteiger partial charge on any atom is -0.373 e. The number of rotatable bonds is 4. The first kappa shape index (κ1) is 10.6. The molecule has 1 fully saturated rings. The van der Waals surface area contributed by atoms with E-state index in [1.54, 1.807) is 17.3 Å². The molecule has 1 saturated heterocycles. The van der Waals surface area contributed by atoms with Gasteiger partial charge in [-0.2, -0.15) is 5.10 Å². The van der Waals surface area contributed by atoms with Gasteiger partial charge in [0.15, 0.2) is 0 Å². The zero-order chi connectivity index (χ0) is 10.6. The van der Waals surface area contributed by atoms with E-state index < -0.39 is 0 Å². The van der Waals surface area contributed by atoms with Crippen LogP contribution < -0.4 is 5.32 Å². The van der Waals surface area contributed by atoms with Crippen molar-refractivity contribution in [3.8, 4) is 0 Å². The Morgan fingerprint density at radius 3 is 2.93 bits per heavy atom. The Hall–Kier alpha value is -0.940. The first-order chi connectivity index (χ1) is 7.29. The van der Waals surface area contributed by atoms with Crippen molar-refractivity contribution in [2.75, 3.05) is 19.7 Å². The minimum absolute atomic E-state index is 0.0475. The van der Waals surface area contributed by atoms with Crippen molar-refractivity contribution in [1.82, 2.24) is 20.1 Å². The maximum Gasteiger partial charge on any atom is 0.137 e. The van der Waals surface area contributed by atoms with Crippen LogP contribution in [0.5, 0.6) is 0 Å². The van der Waals surface area contributed by atoms with Crippen molar-refractivity contribution in [2.24, 2.45) is 0 Å². The van der Waals surface area contributed by atoms with E-state index in [1.165, 1.54) is 0 Å². The lowest BCUT2D eigenvalue weighted by molar-refractivity contribution is -0.0552. The molecule has 1 aliphatic rings. The molecule has 15 heavy (non-hydrogen) atoms. The molecule has 0 unspecified atom stereocenters. The third-order valence-corrected chi connectivity index (χ3v) is 2.90. The van der Waals surface area contributed by atoms with Gasteiger partial charge in [0.1, 0.15) is 12.7 Å². The van der Waals surface area contributed by atoms with Gasteiger partial charge in [-0.3, -0.25) is 4.68 Å². The second-order valence-electron chi connectivity index (χ2n) is 4.21. The molecule has 0 atom stereocenters. The van der Waals surface area contributed by atoms with Crippen molar-refractivity contribution in [1.29, 1.82) is 0 Å². The number of nitrogens with one attached hydrogen (secondary N) is 1. The molecular weight excluding hydrogens is 192 g/mol. The Bertz CT molecular complexity index is 280. The van der Waals surface area contributed by atoms with Gasteiger partial charge in [-0.15, -0.1) is 0 Å². The molecule has 0 saturated carbocycles. The summed E-state index contributed by atoms with van der Waals surface area (Å²) in [5.74, 6) is 0. The standard InChI is InChI=1S/C10H18N4O/c1-10(2-4-11-5-3-10)15-7-6-14-9-12-8-13-14/h8-9,11H,2-7H2,1H3. The van der Waals surface area contributed by atoms with Gasteiger partial charge in [0, 0.05) is 0 Å². The predicted molar refractivity (Wildman–Crippen MR) is 56.5 cm³/mol. The van der Waals surface area contributed by atoms with Gasteiger partial charge in [0.05, 0.1) is 18.8 Å². The number of nitrogens with zero attached hydrogens (tertiary/aromatic N) is 3. The highest BCUT2D eigenvalue weighted by atomic mass is 16.5. The summed E-state index contributed by atoms with van der Waals surface area (Å²) >= 11 is 0. The van der Waals surface area contributed by atoms with Gasteiger partial charge in [0.25, 0.3) is 0 Å². The van der Waals surface area contributed by atoms with Crippen molar-refractivity contribution in [3.05, 3.63) is 12.7 Å². The van der Waals surface area contributed by atoms with E-state index in [0.29, 0.717) is 6.61 Å². The predicted octanol–water partition coefficient (Wildman–Crippen LogP) is 0.437. The molecule has 0 bridgehead atoms. The third kappa shape index (κ3) is 3.00. The van der Waals surface area contributed by atoms with Gasteiger partial charge in [0.2, 0.25) is 0 Å². The van der Waals surface area contributed by atoms with Crippen molar-refractivity contribution in [3.63, 3.8) is 0 Å². The Morgan fingerprint density at radius 2 is 2.27 bits per heavy atom. The molecule has 0 aromatic carbocycles. The largest absolute Gasteiger partial charge is 0.373 e. The van der Waals surface area contributed by atoms with Crippen molar-refractivity contribution in [2.45, 2.75) is 31.9 Å². The molecule has 84 valence electrons. The molecule has 1 aromatic heterocycles. The lowest BCUT2D eigenvalue weighted by Gasteiger charge is -2.34. The van der Waals surface area contributed by atoms with E-state index in [1.807, 2.05) is 0 Å². The second-order valence-corrected chi connectivity index (χ2v) is 4.21. The molecule has 2 heterocycles. The Morgan fingerprint density at radius 1 is 1.47 bits per heavy atom. The van der Waals surface area contributed by atoms with Crippen LogP contribution in [0.1, 0.15) is 19.8 Å². The number of hydrogen-bond donors (Lipinski definition) is 1. The number of piperidine rings is 1. The quantitative estimate of drug-likeness (QED) is 0.783. The van der Waals surface area contributed by atoms with E-state index in [2.05, 4.69) is 22.3 Å². The van der Waals surface area contributed by atoms with E-state index in [0.717, 1.165) is 32.5 Å². The van der Waals surface area contributed by atoms with Crippen LogP contribution in [-0.4, -0.2) is 40.1 Å². The highest BCUT2D eigenvalue weighted by Crippen LogP contribution is 2.21. The van der Waals surface area contributed by atoms with Crippen LogP contribution in [-0.2, 0) is 11.3 Å². The maximum absolute atomic E-state index is 5.92. The molecule has 0 spiro atoms. The Kier molecular flexibility index (Phi) is 3.33. The van der Waals surface area contributed by atoms with E-state index in [4.69, 9.17) is 4.74 Å². The highest BCUT2D eigenvalue weighted by Gasteiger charge is 2.26. The highest BCUT2D eigenvalue weighted by molar-refractivity contribution is 4.81. The van der Waals surface area contributed by atoms with Crippen LogP contribution in [0.2, 0.25) is 0 Å². The van der Waals surface area contributed by atoms with E-state index in [9.17, 15) is 0 Å². The summed E-state index contributed by atoms with van der Waals surface area (Å²) in [6.07, 6.45) is 5.44. The Balaban J connectivity index is 1.72. The fourth-order valence-electron chi connectivity index (χ4n) is 1.83. The van der Waals surface area contributed by atoms with Crippen LogP contribution in [0, 0.1) is 0 Å². The average molecular weight is 210 g/mol. The molecule has 0 aliphatic carbocycles. The lowest BCUT2D eigenvalue weighted by atomic mass is 9.95. The number of ether oxygens (including phenoxy) is 1. The summed E-state index contributed by atoms with van der Waals surface area (Å²) in [6.45, 7) is 5.79. The topological polar surface area (TPSA) is 52.0 Å². The molecule has 1 N–H and O–H groups in total. The maximum atomic E-state index is 5.92. The fraction of sp³-hybridized carbons (Fsp3) is 0.800. The smallest absolute Gasteiger partial charge is 0.137 e. The van der Waals surface area contributed by atoms with E-state index >= 15 is 0 Å². The molecule has 0 amide bonds. The second kappa shape index (κ2) is 4.72. The van der Waals surface area contributed by atoms with Gasteiger partial charge >= 0.3 is 0 Å².